The molecule has 1 aromatic carbocycles. The van der Waals surface area contributed by atoms with Crippen molar-refractivity contribution in [3.8, 4) is 0 Å². The molecule has 0 unspecified atom stereocenters. The Kier molecular flexibility index (Phi) is 3.58. The lowest BCUT2D eigenvalue weighted by Gasteiger charge is -2.48. The summed E-state index contributed by atoms with van der Waals surface area (Å²) in [5.41, 5.74) is 6.44. The van der Waals surface area contributed by atoms with E-state index in [-0.39, 0.29) is 23.6 Å². The van der Waals surface area contributed by atoms with Gasteiger partial charge in [-0.1, -0.05) is 6.07 Å². The SMILES string of the molecule is CC1(C)CN(c2ccc(CN)c(F)c2)CC(C)(C)O1. The highest BCUT2D eigenvalue weighted by atomic mass is 19.1. The number of morpholine rings is 1. The fourth-order valence-corrected chi connectivity index (χ4v) is 2.87. The first-order chi connectivity index (χ1) is 8.72. The highest BCUT2D eigenvalue weighted by Gasteiger charge is 2.38. The minimum Gasteiger partial charge on any atom is -0.366 e. The summed E-state index contributed by atoms with van der Waals surface area (Å²) in [6.07, 6.45) is 0. The van der Waals surface area contributed by atoms with Gasteiger partial charge in [0.25, 0.3) is 0 Å². The van der Waals surface area contributed by atoms with Crippen LogP contribution in [-0.4, -0.2) is 24.3 Å². The smallest absolute Gasteiger partial charge is 0.129 e. The molecule has 1 fully saturated rings. The summed E-state index contributed by atoms with van der Waals surface area (Å²) in [6.45, 7) is 9.97. The van der Waals surface area contributed by atoms with E-state index in [9.17, 15) is 4.39 Å². The van der Waals surface area contributed by atoms with Gasteiger partial charge in [0.05, 0.1) is 11.2 Å². The lowest BCUT2D eigenvalue weighted by molar-refractivity contribution is -0.133. The van der Waals surface area contributed by atoms with Gasteiger partial charge in [0.2, 0.25) is 0 Å². The van der Waals surface area contributed by atoms with Gasteiger partial charge in [-0.05, 0) is 39.8 Å². The van der Waals surface area contributed by atoms with Crippen molar-refractivity contribution in [1.82, 2.24) is 0 Å². The molecule has 1 heterocycles. The molecular formula is C15H23FN2O. The summed E-state index contributed by atoms with van der Waals surface area (Å²) < 4.78 is 19.9. The van der Waals surface area contributed by atoms with Crippen LogP contribution in [0.1, 0.15) is 33.3 Å². The second-order valence-electron chi connectivity index (χ2n) is 6.46. The average Bonchev–Trinajstić information content (AvgIpc) is 2.24. The number of benzene rings is 1. The number of nitrogens with zero attached hydrogens (tertiary/aromatic N) is 1. The molecule has 0 saturated carbocycles. The molecule has 19 heavy (non-hydrogen) atoms. The van der Waals surface area contributed by atoms with Crippen molar-refractivity contribution in [1.29, 1.82) is 0 Å². The summed E-state index contributed by atoms with van der Waals surface area (Å²) in [6, 6.07) is 5.27. The van der Waals surface area contributed by atoms with E-state index in [2.05, 4.69) is 32.6 Å². The first-order valence-electron chi connectivity index (χ1n) is 6.66. The van der Waals surface area contributed by atoms with Gasteiger partial charge >= 0.3 is 0 Å². The van der Waals surface area contributed by atoms with E-state index in [1.54, 1.807) is 12.1 Å². The topological polar surface area (TPSA) is 38.5 Å². The Morgan fingerprint density at radius 2 is 1.79 bits per heavy atom. The predicted octanol–water partition coefficient (Wildman–Crippen LogP) is 2.68. The third kappa shape index (κ3) is 3.25. The van der Waals surface area contributed by atoms with Crippen molar-refractivity contribution >= 4 is 5.69 Å². The Morgan fingerprint density at radius 1 is 1.21 bits per heavy atom. The van der Waals surface area contributed by atoms with Crippen LogP contribution in [-0.2, 0) is 11.3 Å². The molecule has 1 aliphatic rings. The molecule has 4 heteroatoms. The van der Waals surface area contributed by atoms with Gasteiger partial charge in [-0.3, -0.25) is 0 Å². The van der Waals surface area contributed by atoms with Gasteiger partial charge in [-0.2, -0.15) is 0 Å². The number of nitrogens with two attached hydrogens (primary N) is 1. The van der Waals surface area contributed by atoms with Crippen LogP contribution in [0, 0.1) is 5.82 Å². The van der Waals surface area contributed by atoms with E-state index in [1.165, 1.54) is 0 Å². The van der Waals surface area contributed by atoms with Crippen molar-refractivity contribution in [2.45, 2.75) is 45.4 Å². The van der Waals surface area contributed by atoms with E-state index in [1.807, 2.05) is 6.07 Å². The van der Waals surface area contributed by atoms with E-state index in [0.29, 0.717) is 5.56 Å². The minimum absolute atomic E-state index is 0.228. The predicted molar refractivity (Wildman–Crippen MR) is 75.7 cm³/mol. The van der Waals surface area contributed by atoms with Gasteiger partial charge in [-0.15, -0.1) is 0 Å². The third-order valence-electron chi connectivity index (χ3n) is 3.32. The van der Waals surface area contributed by atoms with Crippen molar-refractivity contribution in [3.63, 3.8) is 0 Å². The molecule has 0 radical (unpaired) electrons. The molecular weight excluding hydrogens is 243 g/mol. The zero-order valence-electron chi connectivity index (χ0n) is 12.2. The Balaban J connectivity index is 2.28. The first kappa shape index (κ1) is 14.3. The highest BCUT2D eigenvalue weighted by Crippen LogP contribution is 2.31. The Labute approximate surface area is 114 Å². The normalized spacial score (nSPS) is 21.5. The standard InChI is InChI=1S/C15H23FN2O/c1-14(2)9-18(10-15(3,4)19-14)12-6-5-11(8-17)13(16)7-12/h5-7H,8-10,17H2,1-4H3. The van der Waals surface area contributed by atoms with Crippen LogP contribution in [0.25, 0.3) is 0 Å². The monoisotopic (exact) mass is 266 g/mol. The van der Waals surface area contributed by atoms with E-state index >= 15 is 0 Å². The molecule has 3 nitrogen and oxygen atoms in total. The molecule has 0 spiro atoms. The molecule has 2 N–H and O–H groups in total. The number of rotatable bonds is 2. The van der Waals surface area contributed by atoms with Crippen LogP contribution in [0.15, 0.2) is 18.2 Å². The minimum atomic E-state index is -0.245. The Bertz CT molecular complexity index is 455. The Hall–Kier alpha value is -1.13. The lowest BCUT2D eigenvalue weighted by Crippen LogP contribution is -2.57. The summed E-state index contributed by atoms with van der Waals surface area (Å²) in [7, 11) is 0. The maximum absolute atomic E-state index is 13.9. The van der Waals surface area contributed by atoms with Crippen LogP contribution in [0.2, 0.25) is 0 Å². The van der Waals surface area contributed by atoms with Crippen LogP contribution in [0.4, 0.5) is 10.1 Å². The van der Waals surface area contributed by atoms with Gasteiger partial charge in [0.1, 0.15) is 5.82 Å². The number of hydrogen-bond acceptors (Lipinski definition) is 3. The van der Waals surface area contributed by atoms with Gasteiger partial charge in [0.15, 0.2) is 0 Å². The molecule has 1 saturated heterocycles. The van der Waals surface area contributed by atoms with E-state index in [4.69, 9.17) is 10.5 Å². The molecule has 0 aliphatic carbocycles. The summed E-state index contributed by atoms with van der Waals surface area (Å²) in [5.74, 6) is -0.234. The molecule has 106 valence electrons. The van der Waals surface area contributed by atoms with Crippen LogP contribution < -0.4 is 10.6 Å². The first-order valence-corrected chi connectivity index (χ1v) is 6.66. The van der Waals surface area contributed by atoms with Crippen molar-refractivity contribution < 1.29 is 9.13 Å². The third-order valence-corrected chi connectivity index (χ3v) is 3.32. The van der Waals surface area contributed by atoms with Gasteiger partial charge in [-0.25, -0.2) is 4.39 Å². The number of hydrogen-bond donors (Lipinski definition) is 1. The lowest BCUT2D eigenvalue weighted by atomic mass is 9.98. The van der Waals surface area contributed by atoms with Gasteiger partial charge in [0, 0.05) is 30.9 Å². The molecule has 2 rings (SSSR count). The maximum atomic E-state index is 13.9. The molecule has 0 amide bonds. The summed E-state index contributed by atoms with van der Waals surface area (Å²) in [4.78, 5) is 2.17. The van der Waals surface area contributed by atoms with E-state index in [0.717, 1.165) is 18.8 Å². The van der Waals surface area contributed by atoms with Crippen LogP contribution in [0.3, 0.4) is 0 Å². The van der Waals surface area contributed by atoms with Crippen molar-refractivity contribution in [2.24, 2.45) is 5.73 Å². The molecule has 0 bridgehead atoms. The van der Waals surface area contributed by atoms with E-state index < -0.39 is 0 Å². The molecule has 0 aromatic heterocycles. The molecule has 0 atom stereocenters. The summed E-state index contributed by atoms with van der Waals surface area (Å²) in [5, 5.41) is 0. The average molecular weight is 266 g/mol. The second kappa shape index (κ2) is 4.76. The zero-order chi connectivity index (χ0) is 14.3. The van der Waals surface area contributed by atoms with Gasteiger partial charge < -0.3 is 15.4 Å². The largest absolute Gasteiger partial charge is 0.366 e. The van der Waals surface area contributed by atoms with Crippen LogP contribution in [0.5, 0.6) is 0 Å². The van der Waals surface area contributed by atoms with Crippen LogP contribution >= 0.6 is 0 Å². The van der Waals surface area contributed by atoms with Crippen molar-refractivity contribution in [3.05, 3.63) is 29.6 Å². The zero-order valence-corrected chi connectivity index (χ0v) is 12.2. The quantitative estimate of drug-likeness (QED) is 0.894. The summed E-state index contributed by atoms with van der Waals surface area (Å²) >= 11 is 0. The number of anilines is 1. The highest BCUT2D eigenvalue weighted by molar-refractivity contribution is 5.49. The number of ether oxygens (including phenoxy) is 1. The van der Waals surface area contributed by atoms with Crippen molar-refractivity contribution in [2.75, 3.05) is 18.0 Å². The number of halogens is 1. The fourth-order valence-electron chi connectivity index (χ4n) is 2.87. The Morgan fingerprint density at radius 3 is 2.26 bits per heavy atom. The molecule has 1 aliphatic heterocycles. The maximum Gasteiger partial charge on any atom is 0.129 e. The molecule has 1 aromatic rings. The second-order valence-corrected chi connectivity index (χ2v) is 6.46. The fraction of sp³-hybridized carbons (Fsp3) is 0.600.